The Balaban J connectivity index is 2.54. The van der Waals surface area contributed by atoms with Crippen LogP contribution in [0.5, 0.6) is 5.75 Å². The Morgan fingerprint density at radius 3 is 2.69 bits per heavy atom. The van der Waals surface area contributed by atoms with E-state index in [4.69, 9.17) is 4.74 Å². The molecule has 0 saturated heterocycles. The predicted molar refractivity (Wildman–Crippen MR) is 62.1 cm³/mol. The van der Waals surface area contributed by atoms with Crippen molar-refractivity contribution in [2.75, 3.05) is 6.61 Å². The highest BCUT2D eigenvalue weighted by Gasteiger charge is 2.07. The maximum absolute atomic E-state index is 13.5. The lowest BCUT2D eigenvalue weighted by atomic mass is 10.1. The molecule has 0 aliphatic heterocycles. The van der Waals surface area contributed by atoms with Crippen LogP contribution in [-0.2, 0) is 0 Å². The third-order valence-electron chi connectivity index (χ3n) is 2.44. The van der Waals surface area contributed by atoms with Gasteiger partial charge in [0.2, 0.25) is 0 Å². The fourth-order valence-electron chi connectivity index (χ4n) is 1.43. The third-order valence-corrected chi connectivity index (χ3v) is 2.44. The molecule has 90 valence electrons. The van der Waals surface area contributed by atoms with Crippen molar-refractivity contribution in [2.45, 2.75) is 39.2 Å². The zero-order valence-electron chi connectivity index (χ0n) is 9.87. The molecule has 2 nitrogen and oxygen atoms in total. The van der Waals surface area contributed by atoms with E-state index < -0.39 is 11.9 Å². The molecule has 0 amide bonds. The van der Waals surface area contributed by atoms with Gasteiger partial charge < -0.3 is 9.84 Å². The Bertz CT molecular complexity index is 324. The number of benzene rings is 1. The Morgan fingerprint density at radius 2 is 2.12 bits per heavy atom. The number of halogens is 1. The fraction of sp³-hybridized carbons (Fsp3) is 0.538. The summed E-state index contributed by atoms with van der Waals surface area (Å²) < 4.78 is 18.8. The molecule has 16 heavy (non-hydrogen) atoms. The van der Waals surface area contributed by atoms with Crippen molar-refractivity contribution in [3.63, 3.8) is 0 Å². The van der Waals surface area contributed by atoms with Gasteiger partial charge in [0.1, 0.15) is 0 Å². The van der Waals surface area contributed by atoms with E-state index in [1.807, 2.05) is 0 Å². The number of rotatable bonds is 6. The van der Waals surface area contributed by atoms with Gasteiger partial charge >= 0.3 is 0 Å². The molecule has 1 aromatic carbocycles. The van der Waals surface area contributed by atoms with Gasteiger partial charge in [0.25, 0.3) is 0 Å². The molecule has 0 heterocycles. The molecule has 0 saturated carbocycles. The van der Waals surface area contributed by atoms with Gasteiger partial charge in [0.15, 0.2) is 11.6 Å². The molecule has 0 aliphatic rings. The lowest BCUT2D eigenvalue weighted by molar-refractivity contribution is 0.198. The fourth-order valence-corrected chi connectivity index (χ4v) is 1.43. The SMILES string of the molecule is CCCCCOc1ccc([C@H](C)O)cc1F. The van der Waals surface area contributed by atoms with Crippen molar-refractivity contribution in [3.8, 4) is 5.75 Å². The summed E-state index contributed by atoms with van der Waals surface area (Å²) in [7, 11) is 0. The Morgan fingerprint density at radius 1 is 1.38 bits per heavy atom. The first-order valence-electron chi connectivity index (χ1n) is 5.75. The quantitative estimate of drug-likeness (QED) is 0.753. The Labute approximate surface area is 96.1 Å². The molecule has 0 spiro atoms. The smallest absolute Gasteiger partial charge is 0.165 e. The zero-order valence-corrected chi connectivity index (χ0v) is 9.87. The van der Waals surface area contributed by atoms with Gasteiger partial charge in [-0.3, -0.25) is 0 Å². The number of unbranched alkanes of at least 4 members (excludes halogenated alkanes) is 2. The minimum Gasteiger partial charge on any atom is -0.491 e. The lowest BCUT2D eigenvalue weighted by Gasteiger charge is -2.09. The largest absolute Gasteiger partial charge is 0.491 e. The first kappa shape index (κ1) is 13.0. The van der Waals surface area contributed by atoms with Crippen molar-refractivity contribution in [3.05, 3.63) is 29.6 Å². The number of aliphatic hydroxyl groups excluding tert-OH is 1. The van der Waals surface area contributed by atoms with Crippen molar-refractivity contribution >= 4 is 0 Å². The van der Waals surface area contributed by atoms with Gasteiger partial charge in [-0.05, 0) is 31.0 Å². The highest BCUT2D eigenvalue weighted by molar-refractivity contribution is 5.30. The molecule has 0 bridgehead atoms. The number of ether oxygens (including phenoxy) is 1. The normalized spacial score (nSPS) is 12.5. The van der Waals surface area contributed by atoms with Gasteiger partial charge in [0.05, 0.1) is 12.7 Å². The summed E-state index contributed by atoms with van der Waals surface area (Å²) in [6, 6.07) is 4.58. The van der Waals surface area contributed by atoms with Crippen LogP contribution in [0, 0.1) is 5.82 Å². The van der Waals surface area contributed by atoms with Gasteiger partial charge in [-0.25, -0.2) is 4.39 Å². The van der Waals surface area contributed by atoms with E-state index in [1.165, 1.54) is 6.07 Å². The topological polar surface area (TPSA) is 29.5 Å². The van der Waals surface area contributed by atoms with E-state index >= 15 is 0 Å². The maximum atomic E-state index is 13.5. The van der Waals surface area contributed by atoms with Crippen molar-refractivity contribution in [1.82, 2.24) is 0 Å². The number of hydrogen-bond donors (Lipinski definition) is 1. The second-order valence-corrected chi connectivity index (χ2v) is 3.92. The van der Waals surface area contributed by atoms with Crippen LogP contribution in [0.1, 0.15) is 44.8 Å². The van der Waals surface area contributed by atoms with E-state index in [1.54, 1.807) is 19.1 Å². The van der Waals surface area contributed by atoms with Gasteiger partial charge in [-0.15, -0.1) is 0 Å². The molecular weight excluding hydrogens is 207 g/mol. The molecule has 3 heteroatoms. The summed E-state index contributed by atoms with van der Waals surface area (Å²) in [5, 5.41) is 9.28. The molecule has 0 fully saturated rings. The Kier molecular flexibility index (Phi) is 5.26. The summed E-state index contributed by atoms with van der Waals surface area (Å²) in [4.78, 5) is 0. The van der Waals surface area contributed by atoms with E-state index in [-0.39, 0.29) is 5.75 Å². The summed E-state index contributed by atoms with van der Waals surface area (Å²) in [5.41, 5.74) is 0.568. The van der Waals surface area contributed by atoms with E-state index in [0.717, 1.165) is 19.3 Å². The highest BCUT2D eigenvalue weighted by atomic mass is 19.1. The second-order valence-electron chi connectivity index (χ2n) is 3.92. The van der Waals surface area contributed by atoms with Crippen LogP contribution >= 0.6 is 0 Å². The van der Waals surface area contributed by atoms with E-state index in [2.05, 4.69) is 6.92 Å². The zero-order chi connectivity index (χ0) is 12.0. The average molecular weight is 226 g/mol. The minimum absolute atomic E-state index is 0.264. The Hall–Kier alpha value is -1.09. The number of aliphatic hydroxyl groups is 1. The van der Waals surface area contributed by atoms with Crippen LogP contribution in [0.3, 0.4) is 0 Å². The van der Waals surface area contributed by atoms with Crippen LogP contribution in [-0.4, -0.2) is 11.7 Å². The number of hydrogen-bond acceptors (Lipinski definition) is 2. The standard InChI is InChI=1S/C13H19FO2/c1-3-4-5-8-16-13-7-6-11(10(2)15)9-12(13)14/h6-7,9-10,15H,3-5,8H2,1-2H3/t10-/m0/s1. The van der Waals surface area contributed by atoms with Crippen LogP contribution < -0.4 is 4.74 Å². The van der Waals surface area contributed by atoms with Gasteiger partial charge in [-0.1, -0.05) is 25.8 Å². The second kappa shape index (κ2) is 6.48. The van der Waals surface area contributed by atoms with Crippen LogP contribution in [0.4, 0.5) is 4.39 Å². The molecule has 0 radical (unpaired) electrons. The monoisotopic (exact) mass is 226 g/mol. The molecule has 1 atom stereocenters. The summed E-state index contributed by atoms with van der Waals surface area (Å²) in [6.45, 7) is 4.26. The van der Waals surface area contributed by atoms with E-state index in [9.17, 15) is 9.50 Å². The third kappa shape index (κ3) is 3.81. The maximum Gasteiger partial charge on any atom is 0.165 e. The van der Waals surface area contributed by atoms with Crippen molar-refractivity contribution < 1.29 is 14.2 Å². The molecule has 0 aromatic heterocycles. The van der Waals surface area contributed by atoms with Crippen molar-refractivity contribution in [2.24, 2.45) is 0 Å². The first-order chi connectivity index (χ1) is 7.65. The van der Waals surface area contributed by atoms with Crippen LogP contribution in [0.25, 0.3) is 0 Å². The van der Waals surface area contributed by atoms with Crippen LogP contribution in [0.15, 0.2) is 18.2 Å². The lowest BCUT2D eigenvalue weighted by Crippen LogP contribution is -2.00. The summed E-state index contributed by atoms with van der Waals surface area (Å²) in [6.07, 6.45) is 2.50. The van der Waals surface area contributed by atoms with Crippen molar-refractivity contribution in [1.29, 1.82) is 0 Å². The minimum atomic E-state index is -0.649. The average Bonchev–Trinajstić information content (AvgIpc) is 2.26. The first-order valence-corrected chi connectivity index (χ1v) is 5.75. The van der Waals surface area contributed by atoms with Crippen LogP contribution in [0.2, 0.25) is 0 Å². The molecular formula is C13H19FO2. The van der Waals surface area contributed by atoms with Gasteiger partial charge in [-0.2, -0.15) is 0 Å². The molecule has 1 rings (SSSR count). The predicted octanol–water partition coefficient (Wildman–Crippen LogP) is 3.45. The molecule has 1 aromatic rings. The van der Waals surface area contributed by atoms with Gasteiger partial charge in [0, 0.05) is 0 Å². The summed E-state index contributed by atoms with van der Waals surface area (Å²) >= 11 is 0. The highest BCUT2D eigenvalue weighted by Crippen LogP contribution is 2.22. The molecule has 0 unspecified atom stereocenters. The summed E-state index contributed by atoms with van der Waals surface area (Å²) in [5.74, 6) is -0.143. The van der Waals surface area contributed by atoms with E-state index in [0.29, 0.717) is 12.2 Å². The molecule has 1 N–H and O–H groups in total. The molecule has 0 aliphatic carbocycles.